The van der Waals surface area contributed by atoms with Gasteiger partial charge in [-0.05, 0) is 56.9 Å². The first-order valence-corrected chi connectivity index (χ1v) is 11.0. The minimum Gasteiger partial charge on any atom is -0.497 e. The molecule has 0 spiro atoms. The number of rotatable bonds is 7. The Morgan fingerprint density at radius 2 is 1.77 bits per heavy atom. The van der Waals surface area contributed by atoms with Crippen molar-refractivity contribution in [2.24, 2.45) is 5.92 Å². The van der Waals surface area contributed by atoms with E-state index in [0.717, 1.165) is 24.2 Å². The summed E-state index contributed by atoms with van der Waals surface area (Å²) in [5.74, 6) is 0.355. The van der Waals surface area contributed by atoms with Crippen LogP contribution in [0.2, 0.25) is 0 Å². The van der Waals surface area contributed by atoms with Gasteiger partial charge in [0.1, 0.15) is 5.75 Å². The molecule has 2 N–H and O–H groups in total. The zero-order valence-electron chi connectivity index (χ0n) is 17.9. The van der Waals surface area contributed by atoms with E-state index in [-0.39, 0.29) is 33.8 Å². The minimum atomic E-state index is -0.420. The average Bonchev–Trinajstić information content (AvgIpc) is 3.24. The highest BCUT2D eigenvalue weighted by molar-refractivity contribution is 7.15. The Morgan fingerprint density at radius 3 is 2.39 bits per heavy atom. The topological polar surface area (TPSA) is 114 Å². The van der Waals surface area contributed by atoms with Gasteiger partial charge in [0, 0.05) is 31.2 Å². The molecule has 1 aromatic heterocycles. The molecule has 3 amide bonds. The van der Waals surface area contributed by atoms with E-state index >= 15 is 0 Å². The fraction of sp³-hybridized carbons (Fsp3) is 0.476. The van der Waals surface area contributed by atoms with E-state index in [0.29, 0.717) is 30.9 Å². The van der Waals surface area contributed by atoms with Gasteiger partial charge in [0.25, 0.3) is 11.8 Å². The van der Waals surface area contributed by atoms with Gasteiger partial charge in [0.15, 0.2) is 0 Å². The largest absolute Gasteiger partial charge is 0.497 e. The molecule has 2 aromatic rings. The molecule has 0 radical (unpaired) electrons. The first kappa shape index (κ1) is 22.7. The standard InChI is InChI=1S/C21H27N5O4S/c1-13(2)22-17(27)12-14-8-10-26(11-9-14)21(29)20-25-24-19(31-20)18(28)23-15-4-6-16(30-3)7-5-15/h4-7,13-14H,8-12H2,1-3H3,(H,22,27)(H,23,28). The number of anilines is 1. The number of ether oxygens (including phenoxy) is 1. The van der Waals surface area contributed by atoms with Crippen LogP contribution in [0, 0.1) is 5.92 Å². The van der Waals surface area contributed by atoms with Gasteiger partial charge < -0.3 is 20.3 Å². The molecule has 2 heterocycles. The van der Waals surface area contributed by atoms with Crippen LogP contribution in [-0.2, 0) is 4.79 Å². The van der Waals surface area contributed by atoms with Crippen molar-refractivity contribution < 1.29 is 19.1 Å². The highest BCUT2D eigenvalue weighted by Crippen LogP contribution is 2.23. The van der Waals surface area contributed by atoms with Crippen molar-refractivity contribution in [3.63, 3.8) is 0 Å². The number of hydrogen-bond acceptors (Lipinski definition) is 7. The van der Waals surface area contributed by atoms with E-state index in [9.17, 15) is 14.4 Å². The van der Waals surface area contributed by atoms with Crippen molar-refractivity contribution in [3.8, 4) is 5.75 Å². The number of carbonyl (C=O) groups excluding carboxylic acids is 3. The maximum Gasteiger partial charge on any atom is 0.286 e. The SMILES string of the molecule is COc1ccc(NC(=O)c2nnc(C(=O)N3CCC(CC(=O)NC(C)C)CC3)s2)cc1. The number of hydrogen-bond donors (Lipinski definition) is 2. The van der Waals surface area contributed by atoms with Gasteiger partial charge >= 0.3 is 0 Å². The van der Waals surface area contributed by atoms with E-state index < -0.39 is 5.91 Å². The molecule has 0 saturated carbocycles. The van der Waals surface area contributed by atoms with Crippen molar-refractivity contribution >= 4 is 34.7 Å². The molecule has 1 aromatic carbocycles. The molecular formula is C21H27N5O4S. The lowest BCUT2D eigenvalue weighted by molar-refractivity contribution is -0.122. The first-order valence-electron chi connectivity index (χ1n) is 10.2. The second-order valence-corrected chi connectivity index (χ2v) is 8.73. The van der Waals surface area contributed by atoms with Gasteiger partial charge in [-0.15, -0.1) is 10.2 Å². The van der Waals surface area contributed by atoms with Gasteiger partial charge in [-0.2, -0.15) is 0 Å². The number of nitrogens with one attached hydrogen (secondary N) is 2. The van der Waals surface area contributed by atoms with Crippen LogP contribution in [0.25, 0.3) is 0 Å². The molecule has 1 aliphatic rings. The number of nitrogens with zero attached hydrogens (tertiary/aromatic N) is 3. The summed E-state index contributed by atoms with van der Waals surface area (Å²) in [6.45, 7) is 5.00. The first-order chi connectivity index (χ1) is 14.9. The number of benzene rings is 1. The number of likely N-dealkylation sites (tertiary alicyclic amines) is 1. The Labute approximate surface area is 185 Å². The molecule has 31 heavy (non-hydrogen) atoms. The van der Waals surface area contributed by atoms with E-state index in [2.05, 4.69) is 20.8 Å². The Morgan fingerprint density at radius 1 is 1.13 bits per heavy atom. The highest BCUT2D eigenvalue weighted by Gasteiger charge is 2.28. The minimum absolute atomic E-state index is 0.0522. The monoisotopic (exact) mass is 445 g/mol. The van der Waals surface area contributed by atoms with Crippen LogP contribution in [0.5, 0.6) is 5.75 Å². The summed E-state index contributed by atoms with van der Waals surface area (Å²) >= 11 is 0.974. The van der Waals surface area contributed by atoms with Crippen LogP contribution < -0.4 is 15.4 Å². The van der Waals surface area contributed by atoms with E-state index in [4.69, 9.17) is 4.74 Å². The summed E-state index contributed by atoms with van der Waals surface area (Å²) in [6, 6.07) is 7.04. The third-order valence-electron chi connectivity index (χ3n) is 4.98. The smallest absolute Gasteiger partial charge is 0.286 e. The predicted molar refractivity (Wildman–Crippen MR) is 117 cm³/mol. The van der Waals surface area contributed by atoms with Gasteiger partial charge in [-0.3, -0.25) is 14.4 Å². The van der Waals surface area contributed by atoms with Crippen molar-refractivity contribution in [2.45, 2.75) is 39.2 Å². The van der Waals surface area contributed by atoms with Crippen LogP contribution in [0.3, 0.4) is 0 Å². The molecular weight excluding hydrogens is 418 g/mol. The zero-order valence-corrected chi connectivity index (χ0v) is 18.7. The van der Waals surface area contributed by atoms with E-state index in [1.165, 1.54) is 0 Å². The normalized spacial score (nSPS) is 14.4. The Bertz CT molecular complexity index is 920. The Balaban J connectivity index is 1.52. The van der Waals surface area contributed by atoms with Gasteiger partial charge in [-0.1, -0.05) is 11.3 Å². The van der Waals surface area contributed by atoms with Crippen molar-refractivity contribution in [1.82, 2.24) is 20.4 Å². The molecule has 0 aliphatic carbocycles. The third kappa shape index (κ3) is 6.24. The lowest BCUT2D eigenvalue weighted by atomic mass is 9.93. The molecule has 0 atom stereocenters. The molecule has 1 aliphatic heterocycles. The fourth-order valence-electron chi connectivity index (χ4n) is 3.38. The second kappa shape index (κ2) is 10.3. The molecule has 10 heteroatoms. The summed E-state index contributed by atoms with van der Waals surface area (Å²) < 4.78 is 5.09. The molecule has 1 fully saturated rings. The second-order valence-electron chi connectivity index (χ2n) is 7.76. The maximum atomic E-state index is 12.7. The van der Waals surface area contributed by atoms with Crippen LogP contribution in [0.1, 0.15) is 52.7 Å². The Hall–Kier alpha value is -3.01. The molecule has 3 rings (SSSR count). The molecule has 0 bridgehead atoms. The van der Waals surface area contributed by atoms with Gasteiger partial charge in [0.05, 0.1) is 7.11 Å². The fourth-order valence-corrected chi connectivity index (χ4v) is 4.09. The summed E-state index contributed by atoms with van der Waals surface area (Å²) in [4.78, 5) is 38.8. The van der Waals surface area contributed by atoms with Crippen molar-refractivity contribution in [3.05, 3.63) is 34.3 Å². The van der Waals surface area contributed by atoms with Crippen LogP contribution >= 0.6 is 11.3 Å². The summed E-state index contributed by atoms with van der Waals surface area (Å²) in [5.41, 5.74) is 0.595. The van der Waals surface area contributed by atoms with Crippen molar-refractivity contribution in [2.75, 3.05) is 25.5 Å². The number of piperidine rings is 1. The maximum absolute atomic E-state index is 12.7. The van der Waals surface area contributed by atoms with Crippen LogP contribution in [0.15, 0.2) is 24.3 Å². The lowest BCUT2D eigenvalue weighted by Crippen LogP contribution is -2.40. The number of amides is 3. The summed E-state index contributed by atoms with van der Waals surface area (Å²) in [5, 5.41) is 13.7. The highest BCUT2D eigenvalue weighted by atomic mass is 32.1. The lowest BCUT2D eigenvalue weighted by Gasteiger charge is -2.31. The Kier molecular flexibility index (Phi) is 7.56. The quantitative estimate of drug-likeness (QED) is 0.677. The third-order valence-corrected chi connectivity index (χ3v) is 5.89. The zero-order chi connectivity index (χ0) is 22.4. The van der Waals surface area contributed by atoms with Gasteiger partial charge in [-0.25, -0.2) is 0 Å². The number of carbonyl (C=O) groups is 3. The van der Waals surface area contributed by atoms with Crippen molar-refractivity contribution in [1.29, 1.82) is 0 Å². The van der Waals surface area contributed by atoms with Gasteiger partial charge in [0.2, 0.25) is 15.9 Å². The molecule has 1 saturated heterocycles. The summed E-state index contributed by atoms with van der Waals surface area (Å²) in [7, 11) is 1.57. The summed E-state index contributed by atoms with van der Waals surface area (Å²) in [6.07, 6.45) is 2.01. The average molecular weight is 446 g/mol. The molecule has 166 valence electrons. The van der Waals surface area contributed by atoms with E-state index in [1.807, 2.05) is 13.8 Å². The number of methoxy groups -OCH3 is 1. The van der Waals surface area contributed by atoms with E-state index in [1.54, 1.807) is 36.3 Å². The molecule has 0 unspecified atom stereocenters. The molecule has 9 nitrogen and oxygen atoms in total. The predicted octanol–water partition coefficient (Wildman–Crippen LogP) is 2.57. The number of aromatic nitrogens is 2. The van der Waals surface area contributed by atoms with Crippen LogP contribution in [0.4, 0.5) is 5.69 Å². The van der Waals surface area contributed by atoms with Crippen LogP contribution in [-0.4, -0.2) is 59.1 Å².